The number of pyridine rings is 2. The van der Waals surface area contributed by atoms with Crippen LogP contribution >= 0.6 is 0 Å². The van der Waals surface area contributed by atoms with E-state index in [1.54, 1.807) is 6.20 Å². The van der Waals surface area contributed by atoms with Crippen molar-refractivity contribution in [3.8, 4) is 22.6 Å². The summed E-state index contributed by atoms with van der Waals surface area (Å²) in [5, 5.41) is 2.07. The summed E-state index contributed by atoms with van der Waals surface area (Å²) in [7, 11) is 0. The number of aryl methyl sites for hydroxylation is 2. The van der Waals surface area contributed by atoms with E-state index in [2.05, 4.69) is 70.9 Å². The number of allylic oxidation sites excluding steroid dienone is 1. The fourth-order valence-electron chi connectivity index (χ4n) is 5.40. The zero-order valence-corrected chi connectivity index (χ0v) is 25.2. The van der Waals surface area contributed by atoms with Gasteiger partial charge in [0.15, 0.2) is 0 Å². The summed E-state index contributed by atoms with van der Waals surface area (Å²) in [6, 6.07) is 33.0. The van der Waals surface area contributed by atoms with Crippen LogP contribution in [-0.2, 0) is 20.1 Å². The number of nitrogens with zero attached hydrogens (tertiary/aromatic N) is 4. The van der Waals surface area contributed by atoms with E-state index in [0.29, 0.717) is 11.8 Å². The first-order valence-corrected chi connectivity index (χ1v) is 13.4. The van der Waals surface area contributed by atoms with E-state index in [1.165, 1.54) is 16.6 Å². The van der Waals surface area contributed by atoms with Gasteiger partial charge in [-0.15, -0.1) is 54.1 Å². The molecule has 0 bridgehead atoms. The average Bonchev–Trinajstić information content (AvgIpc) is 3.55. The summed E-state index contributed by atoms with van der Waals surface area (Å²) in [5.41, 5.74) is 9.99. The normalized spacial score (nSPS) is 13.7. The van der Waals surface area contributed by atoms with Gasteiger partial charge in [0, 0.05) is 43.4 Å². The van der Waals surface area contributed by atoms with Gasteiger partial charge < -0.3 is 14.0 Å². The van der Waals surface area contributed by atoms with E-state index in [0.717, 1.165) is 50.2 Å². The van der Waals surface area contributed by atoms with Crippen LogP contribution in [-0.4, -0.2) is 19.5 Å². The predicted octanol–water partition coefficient (Wildman–Crippen LogP) is 8.55. The van der Waals surface area contributed by atoms with Crippen molar-refractivity contribution >= 4 is 39.2 Å². The molecule has 1 aliphatic heterocycles. The van der Waals surface area contributed by atoms with Crippen molar-refractivity contribution in [2.75, 3.05) is 0 Å². The molecule has 1 unspecified atom stereocenters. The molecule has 0 spiro atoms. The first-order chi connectivity index (χ1) is 19.6. The van der Waals surface area contributed by atoms with E-state index in [9.17, 15) is 0 Å². The second-order valence-electron chi connectivity index (χ2n) is 10.1. The summed E-state index contributed by atoms with van der Waals surface area (Å²) in [5.74, 6) is 1.00. The minimum atomic E-state index is 0. The third-order valence-corrected chi connectivity index (χ3v) is 7.23. The van der Waals surface area contributed by atoms with Gasteiger partial charge in [0.1, 0.15) is 0 Å². The number of hydrogen-bond acceptors (Lipinski definition) is 4. The largest absolute Gasteiger partial charge is 0.486 e. The Hall–Kier alpha value is -4.38. The summed E-state index contributed by atoms with van der Waals surface area (Å²) >= 11 is 0. The standard InChI is InChI=1S/C18H15N2.C17H11N2O.Ir/c1-12-10-15-9-8-13(2)20-17(15)16(11-12)19-18(20)14-6-4-3-5-7-14;1-11-8-9-13-12-5-4-6-14(15-7-2-3-10-18-15)16(12)20-17(13)19-11;/h3-6,8-11,13H,1-2H3;2-5,7-10H,1H3;/q2*-1;. The first-order valence-electron chi connectivity index (χ1n) is 13.4. The molecule has 5 nitrogen and oxygen atoms in total. The van der Waals surface area contributed by atoms with Crippen LogP contribution in [0.25, 0.3) is 61.8 Å². The summed E-state index contributed by atoms with van der Waals surface area (Å²) in [6.45, 7) is 6.28. The number of fused-ring (bicyclic) bond motifs is 3. The maximum absolute atomic E-state index is 5.94. The average molecular weight is 711 g/mol. The fraction of sp³-hybridized carbons (Fsp3) is 0.114. The van der Waals surface area contributed by atoms with E-state index >= 15 is 0 Å². The molecule has 1 atom stereocenters. The van der Waals surface area contributed by atoms with Gasteiger partial charge in [-0.1, -0.05) is 35.2 Å². The Morgan fingerprint density at radius 1 is 0.878 bits per heavy atom. The summed E-state index contributed by atoms with van der Waals surface area (Å²) in [6.07, 6.45) is 6.21. The van der Waals surface area contributed by atoms with Crippen LogP contribution in [0.15, 0.2) is 95.6 Å². The van der Waals surface area contributed by atoms with Crippen molar-refractivity contribution < 1.29 is 24.5 Å². The molecule has 0 N–H and O–H groups in total. The zero-order chi connectivity index (χ0) is 27.2. The molecule has 0 amide bonds. The van der Waals surface area contributed by atoms with Crippen molar-refractivity contribution in [1.29, 1.82) is 0 Å². The number of benzene rings is 3. The molecule has 0 saturated heterocycles. The van der Waals surface area contributed by atoms with Crippen LogP contribution in [0, 0.1) is 26.0 Å². The zero-order valence-electron chi connectivity index (χ0n) is 22.8. The molecule has 7 aromatic rings. The van der Waals surface area contributed by atoms with Gasteiger partial charge in [-0.3, -0.25) is 4.98 Å². The number of imidazole rings is 1. The van der Waals surface area contributed by atoms with Gasteiger partial charge in [0.05, 0.1) is 22.4 Å². The number of hydrogen-bond donors (Lipinski definition) is 0. The Morgan fingerprint density at radius 2 is 1.76 bits per heavy atom. The Kier molecular flexibility index (Phi) is 7.12. The van der Waals surface area contributed by atoms with Crippen LogP contribution in [0.5, 0.6) is 0 Å². The molecular weight excluding hydrogens is 685 g/mol. The van der Waals surface area contributed by atoms with E-state index in [4.69, 9.17) is 9.40 Å². The van der Waals surface area contributed by atoms with Crippen molar-refractivity contribution in [2.45, 2.75) is 26.8 Å². The third-order valence-electron chi connectivity index (χ3n) is 7.23. The van der Waals surface area contributed by atoms with Gasteiger partial charge in [0.25, 0.3) is 0 Å². The van der Waals surface area contributed by atoms with Crippen molar-refractivity contribution in [3.05, 3.63) is 120 Å². The Balaban J connectivity index is 0.000000144. The molecule has 5 heterocycles. The quantitative estimate of drug-likeness (QED) is 0.169. The molecule has 0 fully saturated rings. The Morgan fingerprint density at radius 3 is 2.56 bits per heavy atom. The number of rotatable bonds is 2. The molecule has 4 aromatic heterocycles. The molecule has 1 aliphatic rings. The second kappa shape index (κ2) is 10.9. The fourth-order valence-corrected chi connectivity index (χ4v) is 5.40. The Bertz CT molecular complexity index is 2040. The number of aromatic nitrogens is 4. The molecule has 3 aromatic carbocycles. The molecule has 8 rings (SSSR count). The molecule has 0 saturated carbocycles. The van der Waals surface area contributed by atoms with E-state index in [1.807, 2.05) is 67.6 Å². The van der Waals surface area contributed by atoms with Gasteiger partial charge in [-0.25, -0.2) is 4.98 Å². The molecule has 1 radical (unpaired) electrons. The minimum Gasteiger partial charge on any atom is -0.486 e. The Labute approximate surface area is 251 Å². The molecule has 0 aliphatic carbocycles. The maximum Gasteiger partial charge on any atom is 0.216 e. The van der Waals surface area contributed by atoms with Crippen molar-refractivity contribution in [3.63, 3.8) is 0 Å². The first kappa shape index (κ1) is 26.8. The van der Waals surface area contributed by atoms with E-state index in [-0.39, 0.29) is 20.1 Å². The van der Waals surface area contributed by atoms with Crippen LogP contribution in [0.1, 0.15) is 29.8 Å². The number of furan rings is 1. The van der Waals surface area contributed by atoms with Crippen molar-refractivity contribution in [1.82, 2.24) is 19.5 Å². The predicted molar refractivity (Wildman–Crippen MR) is 161 cm³/mol. The molecule has 6 heteroatoms. The van der Waals surface area contributed by atoms with Crippen LogP contribution in [0.2, 0.25) is 0 Å². The molecule has 203 valence electrons. The maximum atomic E-state index is 5.94. The summed E-state index contributed by atoms with van der Waals surface area (Å²) < 4.78 is 8.25. The van der Waals surface area contributed by atoms with Crippen molar-refractivity contribution in [2.24, 2.45) is 0 Å². The third kappa shape index (κ3) is 4.80. The molecule has 41 heavy (non-hydrogen) atoms. The summed E-state index contributed by atoms with van der Waals surface area (Å²) in [4.78, 5) is 13.7. The van der Waals surface area contributed by atoms with Gasteiger partial charge in [-0.05, 0) is 67.9 Å². The van der Waals surface area contributed by atoms with Gasteiger partial charge in [0.2, 0.25) is 5.71 Å². The smallest absolute Gasteiger partial charge is 0.216 e. The van der Waals surface area contributed by atoms with Gasteiger partial charge >= 0.3 is 0 Å². The van der Waals surface area contributed by atoms with Crippen LogP contribution < -0.4 is 0 Å². The molecular formula is C35H26IrN4O-2. The van der Waals surface area contributed by atoms with E-state index < -0.39 is 0 Å². The SMILES string of the molecule is Cc1cc2c3c(c1)nc(-c1[c-]cccc1)n3C(C)C=C2.Cc1ccc2c(n1)oc1c(-c3ccccn3)[c-]ccc12.[Ir]. The monoisotopic (exact) mass is 711 g/mol. The minimum absolute atomic E-state index is 0. The topological polar surface area (TPSA) is 56.7 Å². The van der Waals surface area contributed by atoms with Gasteiger partial charge in [-0.2, -0.15) is 0 Å². The van der Waals surface area contributed by atoms with Crippen LogP contribution in [0.4, 0.5) is 0 Å². The van der Waals surface area contributed by atoms with Crippen LogP contribution in [0.3, 0.4) is 0 Å². The second-order valence-corrected chi connectivity index (χ2v) is 10.1.